The van der Waals surface area contributed by atoms with Gasteiger partial charge in [-0.2, -0.15) is 0 Å². The molecule has 1 aliphatic heterocycles. The number of carbonyl (C=O) groups excluding carboxylic acids is 1. The van der Waals surface area contributed by atoms with E-state index in [1.54, 1.807) is 0 Å². The standard InChI is InChI=1S/C13H12BrNO3S/c1-17-12(16)8-4-9(7-2-3-18-6-7)11-10(5-8)19-13(14)15-11/h4-5,7H,2-3,6H2,1H3/t7-/m1/s1. The van der Waals surface area contributed by atoms with Crippen LogP contribution in [-0.2, 0) is 9.47 Å². The fourth-order valence-corrected chi connectivity index (χ4v) is 3.82. The second kappa shape index (κ2) is 5.19. The minimum Gasteiger partial charge on any atom is -0.465 e. The number of ether oxygens (including phenoxy) is 2. The minimum absolute atomic E-state index is 0.307. The average molecular weight is 342 g/mol. The fraction of sp³-hybridized carbons (Fsp3) is 0.385. The molecule has 2 aromatic rings. The fourth-order valence-electron chi connectivity index (χ4n) is 2.36. The van der Waals surface area contributed by atoms with Gasteiger partial charge in [-0.25, -0.2) is 9.78 Å². The first-order chi connectivity index (χ1) is 9.19. The average Bonchev–Trinajstić information content (AvgIpc) is 3.04. The molecule has 0 radical (unpaired) electrons. The summed E-state index contributed by atoms with van der Waals surface area (Å²) in [4.78, 5) is 16.3. The Bertz CT molecular complexity index is 634. The number of methoxy groups -OCH3 is 1. The zero-order chi connectivity index (χ0) is 13.4. The zero-order valence-corrected chi connectivity index (χ0v) is 12.7. The van der Waals surface area contributed by atoms with Crippen LogP contribution in [0.15, 0.2) is 16.0 Å². The molecule has 1 fully saturated rings. The van der Waals surface area contributed by atoms with E-state index in [0.29, 0.717) is 18.1 Å². The number of rotatable bonds is 2. The molecule has 0 unspecified atom stereocenters. The van der Waals surface area contributed by atoms with Gasteiger partial charge in [-0.3, -0.25) is 0 Å². The van der Waals surface area contributed by atoms with Crippen LogP contribution in [0.5, 0.6) is 0 Å². The van der Waals surface area contributed by atoms with Gasteiger partial charge in [-0.1, -0.05) is 0 Å². The molecule has 3 rings (SSSR count). The third kappa shape index (κ3) is 2.40. The molecule has 0 saturated carbocycles. The second-order valence-corrected chi connectivity index (χ2v) is 6.74. The summed E-state index contributed by atoms with van der Waals surface area (Å²) in [5, 5.41) is 0. The molecule has 100 valence electrons. The first kappa shape index (κ1) is 13.0. The SMILES string of the molecule is COC(=O)c1cc([C@@H]2CCOC2)c2nc(Br)sc2c1. The highest BCUT2D eigenvalue weighted by Crippen LogP contribution is 2.36. The topological polar surface area (TPSA) is 48.4 Å². The number of fused-ring (bicyclic) bond motifs is 1. The lowest BCUT2D eigenvalue weighted by molar-refractivity contribution is 0.0601. The Labute approximate surface area is 122 Å². The van der Waals surface area contributed by atoms with Gasteiger partial charge in [-0.05, 0) is 40.0 Å². The summed E-state index contributed by atoms with van der Waals surface area (Å²) in [5.41, 5.74) is 2.62. The van der Waals surface area contributed by atoms with Crippen LogP contribution < -0.4 is 0 Å². The molecule has 0 N–H and O–H groups in total. The normalized spacial score (nSPS) is 18.9. The van der Waals surface area contributed by atoms with Gasteiger partial charge in [0.1, 0.15) is 0 Å². The van der Waals surface area contributed by atoms with Crippen LogP contribution in [0.25, 0.3) is 10.2 Å². The number of esters is 1. The van der Waals surface area contributed by atoms with Gasteiger partial charge < -0.3 is 9.47 Å². The second-order valence-electron chi connectivity index (χ2n) is 4.43. The number of halogens is 1. The van der Waals surface area contributed by atoms with Crippen molar-refractivity contribution in [1.82, 2.24) is 4.98 Å². The van der Waals surface area contributed by atoms with Crippen molar-refractivity contribution >= 4 is 43.5 Å². The molecule has 1 saturated heterocycles. The van der Waals surface area contributed by atoms with E-state index in [-0.39, 0.29) is 5.97 Å². The Morgan fingerprint density at radius 1 is 1.58 bits per heavy atom. The molecule has 0 bridgehead atoms. The smallest absolute Gasteiger partial charge is 0.337 e. The van der Waals surface area contributed by atoms with Gasteiger partial charge in [0.2, 0.25) is 0 Å². The molecular weight excluding hydrogens is 330 g/mol. The summed E-state index contributed by atoms with van der Waals surface area (Å²) < 4.78 is 12.1. The quantitative estimate of drug-likeness (QED) is 0.786. The predicted octanol–water partition coefficient (Wildman–Crippen LogP) is 3.35. The van der Waals surface area contributed by atoms with Crippen LogP contribution in [0.2, 0.25) is 0 Å². The third-order valence-corrected chi connectivity index (χ3v) is 4.74. The molecule has 19 heavy (non-hydrogen) atoms. The molecule has 6 heteroatoms. The minimum atomic E-state index is -0.313. The van der Waals surface area contributed by atoms with Crippen molar-refractivity contribution in [1.29, 1.82) is 0 Å². The van der Waals surface area contributed by atoms with E-state index in [1.165, 1.54) is 18.4 Å². The van der Waals surface area contributed by atoms with Crippen LogP contribution in [0.1, 0.15) is 28.3 Å². The molecule has 0 aliphatic carbocycles. The molecule has 1 aliphatic rings. The van der Waals surface area contributed by atoms with Crippen LogP contribution in [0.3, 0.4) is 0 Å². The predicted molar refractivity (Wildman–Crippen MR) is 76.8 cm³/mol. The number of hydrogen-bond acceptors (Lipinski definition) is 5. The number of hydrogen-bond donors (Lipinski definition) is 0. The number of thiazole rings is 1. The molecule has 1 aromatic heterocycles. The van der Waals surface area contributed by atoms with Crippen molar-refractivity contribution in [3.05, 3.63) is 27.2 Å². The van der Waals surface area contributed by atoms with E-state index in [1.807, 2.05) is 12.1 Å². The summed E-state index contributed by atoms with van der Waals surface area (Å²) in [6, 6.07) is 3.72. The van der Waals surface area contributed by atoms with Crippen LogP contribution in [0, 0.1) is 0 Å². The maximum atomic E-state index is 11.8. The number of aromatic nitrogens is 1. The Morgan fingerprint density at radius 2 is 2.42 bits per heavy atom. The summed E-state index contributed by atoms with van der Waals surface area (Å²) in [5.74, 6) is -0.00676. The molecule has 1 aromatic carbocycles. The molecule has 0 amide bonds. The Hall–Kier alpha value is -0.980. The van der Waals surface area contributed by atoms with Crippen molar-refractivity contribution in [3.63, 3.8) is 0 Å². The van der Waals surface area contributed by atoms with Crippen molar-refractivity contribution in [3.8, 4) is 0 Å². The number of carbonyl (C=O) groups is 1. The van der Waals surface area contributed by atoms with Gasteiger partial charge in [0.25, 0.3) is 0 Å². The lowest BCUT2D eigenvalue weighted by Gasteiger charge is -2.10. The Kier molecular flexibility index (Phi) is 3.56. The highest BCUT2D eigenvalue weighted by Gasteiger charge is 2.23. The van der Waals surface area contributed by atoms with Crippen LogP contribution in [-0.4, -0.2) is 31.3 Å². The van der Waals surface area contributed by atoms with Crippen molar-refractivity contribution in [2.45, 2.75) is 12.3 Å². The maximum absolute atomic E-state index is 11.8. The molecular formula is C13H12BrNO3S. The summed E-state index contributed by atoms with van der Waals surface area (Å²) in [6.45, 7) is 1.45. The van der Waals surface area contributed by atoms with E-state index in [2.05, 4.69) is 20.9 Å². The number of benzene rings is 1. The van der Waals surface area contributed by atoms with Crippen molar-refractivity contribution in [2.75, 3.05) is 20.3 Å². The maximum Gasteiger partial charge on any atom is 0.337 e. The van der Waals surface area contributed by atoms with Gasteiger partial charge in [0.05, 0.1) is 29.5 Å². The first-order valence-corrected chi connectivity index (χ1v) is 7.56. The van der Waals surface area contributed by atoms with E-state index in [0.717, 1.165) is 32.7 Å². The lowest BCUT2D eigenvalue weighted by Crippen LogP contribution is -2.05. The van der Waals surface area contributed by atoms with E-state index >= 15 is 0 Å². The van der Waals surface area contributed by atoms with Gasteiger partial charge >= 0.3 is 5.97 Å². The molecule has 4 nitrogen and oxygen atoms in total. The van der Waals surface area contributed by atoms with Gasteiger partial charge in [-0.15, -0.1) is 11.3 Å². The number of nitrogens with zero attached hydrogens (tertiary/aromatic N) is 1. The van der Waals surface area contributed by atoms with Crippen LogP contribution >= 0.6 is 27.3 Å². The summed E-state index contributed by atoms with van der Waals surface area (Å²) in [7, 11) is 1.40. The first-order valence-electron chi connectivity index (χ1n) is 5.95. The third-order valence-electron chi connectivity index (χ3n) is 3.29. The Morgan fingerprint density at radius 3 is 3.11 bits per heavy atom. The van der Waals surface area contributed by atoms with E-state index < -0.39 is 0 Å². The van der Waals surface area contributed by atoms with Crippen molar-refractivity contribution in [2.24, 2.45) is 0 Å². The highest BCUT2D eigenvalue weighted by atomic mass is 79.9. The van der Waals surface area contributed by atoms with Crippen molar-refractivity contribution < 1.29 is 14.3 Å². The van der Waals surface area contributed by atoms with Gasteiger partial charge in [0.15, 0.2) is 3.92 Å². The largest absolute Gasteiger partial charge is 0.465 e. The molecule has 1 atom stereocenters. The molecule has 2 heterocycles. The molecule has 0 spiro atoms. The van der Waals surface area contributed by atoms with E-state index in [9.17, 15) is 4.79 Å². The zero-order valence-electron chi connectivity index (χ0n) is 10.3. The monoisotopic (exact) mass is 341 g/mol. The van der Waals surface area contributed by atoms with E-state index in [4.69, 9.17) is 9.47 Å². The Balaban J connectivity index is 2.18. The summed E-state index contributed by atoms with van der Waals surface area (Å²) in [6.07, 6.45) is 0.967. The highest BCUT2D eigenvalue weighted by molar-refractivity contribution is 9.11. The van der Waals surface area contributed by atoms with Crippen LogP contribution in [0.4, 0.5) is 0 Å². The summed E-state index contributed by atoms with van der Waals surface area (Å²) >= 11 is 4.93. The lowest BCUT2D eigenvalue weighted by atomic mass is 9.95. The van der Waals surface area contributed by atoms with Gasteiger partial charge in [0, 0.05) is 12.5 Å².